The van der Waals surface area contributed by atoms with Gasteiger partial charge in [0.25, 0.3) is 0 Å². The molecule has 1 aromatic carbocycles. The van der Waals surface area contributed by atoms with Gasteiger partial charge in [-0.05, 0) is 45.4 Å². The minimum Gasteiger partial charge on any atom is -0.460 e. The Balaban J connectivity index is 2.78. The Morgan fingerprint density at radius 1 is 1.39 bits per heavy atom. The molecule has 0 aliphatic heterocycles. The second kappa shape index (κ2) is 5.48. The molecule has 1 aromatic rings. The summed E-state index contributed by atoms with van der Waals surface area (Å²) >= 11 is 0. The lowest BCUT2D eigenvalue weighted by molar-refractivity contribution is -0.163. The monoisotopic (exact) mass is 254 g/mol. The molecule has 0 saturated heterocycles. The second-order valence-corrected chi connectivity index (χ2v) is 5.32. The zero-order valence-electron chi connectivity index (χ0n) is 11.1. The van der Waals surface area contributed by atoms with E-state index in [0.29, 0.717) is 5.56 Å². The van der Waals surface area contributed by atoms with Gasteiger partial charge in [0.2, 0.25) is 0 Å². The van der Waals surface area contributed by atoms with Gasteiger partial charge in [0.05, 0.1) is 12.0 Å². The lowest BCUT2D eigenvalue weighted by Gasteiger charge is -2.24. The fraction of sp³-hybridized carbons (Fsp3) is 0.500. The molecule has 0 radical (unpaired) electrons. The van der Waals surface area contributed by atoms with E-state index in [1.54, 1.807) is 33.8 Å². The summed E-state index contributed by atoms with van der Waals surface area (Å²) in [5.41, 5.74) is -0.235. The number of rotatable bonds is 3. The Morgan fingerprint density at radius 2 is 2.00 bits per heavy atom. The maximum atomic E-state index is 13.0. The van der Waals surface area contributed by atoms with Crippen molar-refractivity contribution in [3.05, 3.63) is 35.6 Å². The molecule has 0 heterocycles. The van der Waals surface area contributed by atoms with Gasteiger partial charge in [-0.2, -0.15) is 0 Å². The highest BCUT2D eigenvalue weighted by Crippen LogP contribution is 2.25. The van der Waals surface area contributed by atoms with Gasteiger partial charge < -0.3 is 9.84 Å². The third-order valence-corrected chi connectivity index (χ3v) is 2.44. The summed E-state index contributed by atoms with van der Waals surface area (Å²) in [6.45, 7) is 6.83. The molecule has 18 heavy (non-hydrogen) atoms. The first-order valence-electron chi connectivity index (χ1n) is 5.87. The van der Waals surface area contributed by atoms with Gasteiger partial charge in [0, 0.05) is 0 Å². The van der Waals surface area contributed by atoms with Gasteiger partial charge >= 0.3 is 5.97 Å². The van der Waals surface area contributed by atoms with E-state index in [1.807, 2.05) is 0 Å². The van der Waals surface area contributed by atoms with Crippen LogP contribution in [0.3, 0.4) is 0 Å². The number of esters is 1. The number of halogens is 1. The Bertz CT molecular complexity index is 423. The molecule has 3 nitrogen and oxygen atoms in total. The fourth-order valence-corrected chi connectivity index (χ4v) is 1.50. The van der Waals surface area contributed by atoms with Gasteiger partial charge in [-0.1, -0.05) is 12.1 Å². The average Bonchev–Trinajstić information content (AvgIpc) is 2.24. The highest BCUT2D eigenvalue weighted by atomic mass is 19.1. The van der Waals surface area contributed by atoms with Crippen LogP contribution in [0.25, 0.3) is 0 Å². The van der Waals surface area contributed by atoms with Crippen molar-refractivity contribution in [2.45, 2.75) is 39.4 Å². The molecule has 2 unspecified atom stereocenters. The zero-order chi connectivity index (χ0) is 13.9. The Hall–Kier alpha value is -1.42. The standard InChI is InChI=1S/C14H19FO3/c1-9(13(17)18-14(2,3)4)12(16)10-6-5-7-11(15)8-10/h5-9,12,16H,1-4H3. The molecular formula is C14H19FO3. The third-order valence-electron chi connectivity index (χ3n) is 2.44. The zero-order valence-corrected chi connectivity index (χ0v) is 11.1. The predicted molar refractivity (Wildman–Crippen MR) is 66.4 cm³/mol. The maximum Gasteiger partial charge on any atom is 0.312 e. The lowest BCUT2D eigenvalue weighted by atomic mass is 9.97. The summed E-state index contributed by atoms with van der Waals surface area (Å²) < 4.78 is 18.2. The van der Waals surface area contributed by atoms with Crippen LogP contribution in [0, 0.1) is 11.7 Å². The number of hydrogen-bond acceptors (Lipinski definition) is 3. The molecule has 1 rings (SSSR count). The van der Waals surface area contributed by atoms with Crippen molar-refractivity contribution < 1.29 is 19.0 Å². The SMILES string of the molecule is CC(C(=O)OC(C)(C)C)C(O)c1cccc(F)c1. The summed E-state index contributed by atoms with van der Waals surface area (Å²) in [5.74, 6) is -1.69. The first kappa shape index (κ1) is 14.6. The number of carbonyl (C=O) groups excluding carboxylic acids is 1. The van der Waals surface area contributed by atoms with E-state index in [-0.39, 0.29) is 0 Å². The number of aliphatic hydroxyl groups is 1. The summed E-state index contributed by atoms with van der Waals surface area (Å²) in [5, 5.41) is 10.0. The van der Waals surface area contributed by atoms with Crippen molar-refractivity contribution in [1.82, 2.24) is 0 Å². The van der Waals surface area contributed by atoms with E-state index in [0.717, 1.165) is 0 Å². The molecule has 0 aliphatic rings. The number of ether oxygens (including phenoxy) is 1. The number of aliphatic hydroxyl groups excluding tert-OH is 1. The van der Waals surface area contributed by atoms with Crippen LogP contribution in [0.1, 0.15) is 39.4 Å². The lowest BCUT2D eigenvalue weighted by Crippen LogP contribution is -2.30. The van der Waals surface area contributed by atoms with Crippen molar-refractivity contribution in [3.8, 4) is 0 Å². The Kier molecular flexibility index (Phi) is 4.46. The minimum atomic E-state index is -1.07. The molecule has 0 spiro atoms. The van der Waals surface area contributed by atoms with Crippen molar-refractivity contribution in [3.63, 3.8) is 0 Å². The number of carbonyl (C=O) groups is 1. The van der Waals surface area contributed by atoms with Crippen molar-refractivity contribution in [2.24, 2.45) is 5.92 Å². The molecule has 0 aliphatic carbocycles. The van der Waals surface area contributed by atoms with Gasteiger partial charge in [0.15, 0.2) is 0 Å². The topological polar surface area (TPSA) is 46.5 Å². The van der Waals surface area contributed by atoms with E-state index < -0.39 is 29.4 Å². The second-order valence-electron chi connectivity index (χ2n) is 5.32. The molecule has 2 atom stereocenters. The van der Waals surface area contributed by atoms with Gasteiger partial charge in [0.1, 0.15) is 11.4 Å². The molecule has 0 bridgehead atoms. The van der Waals surface area contributed by atoms with Crippen LogP contribution in [0.15, 0.2) is 24.3 Å². The van der Waals surface area contributed by atoms with Crippen LogP contribution in [-0.4, -0.2) is 16.7 Å². The smallest absolute Gasteiger partial charge is 0.312 e. The molecule has 0 aromatic heterocycles. The van der Waals surface area contributed by atoms with E-state index in [4.69, 9.17) is 4.74 Å². The quantitative estimate of drug-likeness (QED) is 0.844. The fourth-order valence-electron chi connectivity index (χ4n) is 1.50. The molecule has 4 heteroatoms. The first-order chi connectivity index (χ1) is 8.20. The summed E-state index contributed by atoms with van der Waals surface area (Å²) in [4.78, 5) is 11.8. The third kappa shape index (κ3) is 4.11. The summed E-state index contributed by atoms with van der Waals surface area (Å²) in [6.07, 6.45) is -1.07. The van der Waals surface area contributed by atoms with Crippen LogP contribution in [-0.2, 0) is 9.53 Å². The van der Waals surface area contributed by atoms with Crippen LogP contribution in [0.5, 0.6) is 0 Å². The van der Waals surface area contributed by atoms with Crippen LogP contribution >= 0.6 is 0 Å². The summed E-state index contributed by atoms with van der Waals surface area (Å²) in [6, 6.07) is 5.57. The first-order valence-corrected chi connectivity index (χ1v) is 5.87. The predicted octanol–water partition coefficient (Wildman–Crippen LogP) is 2.84. The highest BCUT2D eigenvalue weighted by molar-refractivity contribution is 5.73. The number of benzene rings is 1. The molecule has 100 valence electrons. The van der Waals surface area contributed by atoms with Crippen LogP contribution < -0.4 is 0 Å². The van der Waals surface area contributed by atoms with Crippen molar-refractivity contribution in [2.75, 3.05) is 0 Å². The highest BCUT2D eigenvalue weighted by Gasteiger charge is 2.28. The van der Waals surface area contributed by atoms with E-state index >= 15 is 0 Å². The van der Waals surface area contributed by atoms with Crippen molar-refractivity contribution >= 4 is 5.97 Å². The van der Waals surface area contributed by atoms with Crippen molar-refractivity contribution in [1.29, 1.82) is 0 Å². The molecule has 0 fully saturated rings. The summed E-state index contributed by atoms with van der Waals surface area (Å²) in [7, 11) is 0. The number of hydrogen-bond donors (Lipinski definition) is 1. The van der Waals surface area contributed by atoms with Gasteiger partial charge in [-0.25, -0.2) is 4.39 Å². The normalized spacial score (nSPS) is 15.0. The average molecular weight is 254 g/mol. The van der Waals surface area contributed by atoms with E-state index in [1.165, 1.54) is 18.2 Å². The van der Waals surface area contributed by atoms with Crippen LogP contribution in [0.2, 0.25) is 0 Å². The molecule has 0 amide bonds. The Morgan fingerprint density at radius 3 is 2.50 bits per heavy atom. The minimum absolute atomic E-state index is 0.369. The van der Waals surface area contributed by atoms with Gasteiger partial charge in [-0.3, -0.25) is 4.79 Å². The van der Waals surface area contributed by atoms with E-state index in [9.17, 15) is 14.3 Å². The van der Waals surface area contributed by atoms with Crippen LogP contribution in [0.4, 0.5) is 4.39 Å². The largest absolute Gasteiger partial charge is 0.460 e. The Labute approximate surface area is 107 Å². The van der Waals surface area contributed by atoms with Gasteiger partial charge in [-0.15, -0.1) is 0 Å². The molecule has 1 N–H and O–H groups in total. The molecular weight excluding hydrogens is 235 g/mol. The maximum absolute atomic E-state index is 13.0. The molecule has 0 saturated carbocycles. The van der Waals surface area contributed by atoms with E-state index in [2.05, 4.69) is 0 Å².